The third kappa shape index (κ3) is 5.12. The number of pyridine rings is 1. The molecule has 9 heteroatoms. The minimum Gasteiger partial charge on any atom is -0.355 e. The van der Waals surface area contributed by atoms with Crippen molar-refractivity contribution in [3.05, 3.63) is 83.8 Å². The fourth-order valence-electron chi connectivity index (χ4n) is 3.11. The first-order valence-corrected chi connectivity index (χ1v) is 9.67. The largest absolute Gasteiger partial charge is 0.405 e. The number of hydrogen-bond donors (Lipinski definition) is 3. The summed E-state index contributed by atoms with van der Waals surface area (Å²) in [5, 5.41) is 13.1. The average molecular weight is 437 g/mol. The molecule has 0 unspecified atom stereocenters. The SMILES string of the molecule is O=C(NCC(F)(F)F)c1ccccc1Nc1ccc2c(/C=C/c3ccccn3)n[nH]c2c1. The Bertz CT molecular complexity index is 1270. The van der Waals surface area contributed by atoms with E-state index in [4.69, 9.17) is 0 Å². The van der Waals surface area contributed by atoms with E-state index in [-0.39, 0.29) is 5.56 Å². The zero-order valence-corrected chi connectivity index (χ0v) is 16.6. The van der Waals surface area contributed by atoms with Gasteiger partial charge in [-0.05, 0) is 54.6 Å². The van der Waals surface area contributed by atoms with Gasteiger partial charge in [-0.2, -0.15) is 18.3 Å². The number of amides is 1. The third-order valence-electron chi connectivity index (χ3n) is 4.59. The Kier molecular flexibility index (Phi) is 5.89. The van der Waals surface area contributed by atoms with Gasteiger partial charge in [0.2, 0.25) is 0 Å². The normalized spacial score (nSPS) is 11.7. The number of rotatable bonds is 6. The van der Waals surface area contributed by atoms with Crippen LogP contribution in [0, 0.1) is 0 Å². The first kappa shape index (κ1) is 21.1. The molecule has 1 amide bonds. The first-order valence-electron chi connectivity index (χ1n) is 9.67. The number of nitrogens with zero attached hydrogens (tertiary/aromatic N) is 2. The highest BCUT2D eigenvalue weighted by molar-refractivity contribution is 6.00. The van der Waals surface area contributed by atoms with Gasteiger partial charge in [-0.1, -0.05) is 18.2 Å². The fraction of sp³-hybridized carbons (Fsp3) is 0.0870. The van der Waals surface area contributed by atoms with Crippen molar-refractivity contribution in [2.75, 3.05) is 11.9 Å². The van der Waals surface area contributed by atoms with Crippen LogP contribution in [0.2, 0.25) is 0 Å². The molecule has 0 saturated heterocycles. The smallest absolute Gasteiger partial charge is 0.355 e. The molecule has 4 aromatic rings. The molecule has 2 aromatic carbocycles. The van der Waals surface area contributed by atoms with Crippen LogP contribution >= 0.6 is 0 Å². The number of alkyl halides is 3. The zero-order valence-electron chi connectivity index (χ0n) is 16.6. The molecule has 0 fully saturated rings. The quantitative estimate of drug-likeness (QED) is 0.389. The summed E-state index contributed by atoms with van der Waals surface area (Å²) in [6.45, 7) is -1.39. The minimum atomic E-state index is -4.48. The predicted molar refractivity (Wildman–Crippen MR) is 117 cm³/mol. The maximum absolute atomic E-state index is 12.4. The molecule has 0 aliphatic heterocycles. The van der Waals surface area contributed by atoms with Gasteiger partial charge in [0, 0.05) is 17.3 Å². The Morgan fingerprint density at radius 2 is 1.84 bits per heavy atom. The molecule has 0 bridgehead atoms. The van der Waals surface area contributed by atoms with E-state index < -0.39 is 18.6 Å². The summed E-state index contributed by atoms with van der Waals surface area (Å²) in [6.07, 6.45) is 0.944. The number of anilines is 2. The maximum Gasteiger partial charge on any atom is 0.405 e. The predicted octanol–water partition coefficient (Wildman–Crippen LogP) is 5.16. The van der Waals surface area contributed by atoms with E-state index in [1.54, 1.807) is 30.5 Å². The standard InChI is InChI=1S/C23H18F3N5O/c24-23(25,26)14-28-22(32)18-6-1-2-7-19(18)29-16-8-10-17-20(30-31-21(17)13-16)11-9-15-5-3-4-12-27-15/h1-13,29H,14H2,(H,28,32)(H,30,31)/b11-9+. The van der Waals surface area contributed by atoms with Gasteiger partial charge in [-0.3, -0.25) is 14.9 Å². The minimum absolute atomic E-state index is 0.112. The molecule has 0 aliphatic carbocycles. The molecule has 162 valence electrons. The number of aromatic amines is 1. The highest BCUT2D eigenvalue weighted by atomic mass is 19.4. The van der Waals surface area contributed by atoms with E-state index in [1.807, 2.05) is 47.8 Å². The van der Waals surface area contributed by atoms with Crippen molar-refractivity contribution < 1.29 is 18.0 Å². The number of carbonyl (C=O) groups excluding carboxylic acids is 1. The molecule has 0 aliphatic rings. The molecule has 2 aromatic heterocycles. The summed E-state index contributed by atoms with van der Waals surface area (Å²) in [4.78, 5) is 16.5. The van der Waals surface area contributed by atoms with Gasteiger partial charge < -0.3 is 10.6 Å². The Balaban J connectivity index is 1.53. The van der Waals surface area contributed by atoms with E-state index in [0.717, 1.165) is 22.3 Å². The summed E-state index contributed by atoms with van der Waals surface area (Å²) in [5.41, 5.74) is 3.46. The van der Waals surface area contributed by atoms with Crippen molar-refractivity contribution in [1.82, 2.24) is 20.5 Å². The molecule has 2 heterocycles. The van der Waals surface area contributed by atoms with E-state index in [9.17, 15) is 18.0 Å². The summed E-state index contributed by atoms with van der Waals surface area (Å²) in [7, 11) is 0. The van der Waals surface area contributed by atoms with Crippen LogP contribution in [0.5, 0.6) is 0 Å². The second-order valence-electron chi connectivity index (χ2n) is 6.93. The Labute approximate surface area is 181 Å². The monoisotopic (exact) mass is 437 g/mol. The lowest BCUT2D eigenvalue weighted by molar-refractivity contribution is -0.123. The van der Waals surface area contributed by atoms with Crippen LogP contribution in [0.25, 0.3) is 23.1 Å². The second-order valence-corrected chi connectivity index (χ2v) is 6.93. The van der Waals surface area contributed by atoms with Crippen molar-refractivity contribution in [3.63, 3.8) is 0 Å². The van der Waals surface area contributed by atoms with Crippen molar-refractivity contribution in [1.29, 1.82) is 0 Å². The van der Waals surface area contributed by atoms with Crippen LogP contribution in [0.4, 0.5) is 24.5 Å². The number of carbonyl (C=O) groups is 1. The number of nitrogens with one attached hydrogen (secondary N) is 3. The highest BCUT2D eigenvalue weighted by Crippen LogP contribution is 2.26. The van der Waals surface area contributed by atoms with Gasteiger partial charge in [-0.15, -0.1) is 0 Å². The van der Waals surface area contributed by atoms with Crippen LogP contribution in [0.15, 0.2) is 66.9 Å². The van der Waals surface area contributed by atoms with Gasteiger partial charge >= 0.3 is 6.18 Å². The molecular weight excluding hydrogens is 419 g/mol. The fourth-order valence-corrected chi connectivity index (χ4v) is 3.11. The lowest BCUT2D eigenvalue weighted by atomic mass is 10.1. The number of H-pyrrole nitrogens is 1. The molecule has 4 rings (SSSR count). The number of hydrogen-bond acceptors (Lipinski definition) is 4. The second kappa shape index (κ2) is 8.93. The molecule has 0 atom stereocenters. The van der Waals surface area contributed by atoms with Crippen molar-refractivity contribution in [2.24, 2.45) is 0 Å². The molecular formula is C23H18F3N5O. The van der Waals surface area contributed by atoms with E-state index in [1.165, 1.54) is 6.07 Å². The average Bonchev–Trinajstić information content (AvgIpc) is 3.19. The van der Waals surface area contributed by atoms with Gasteiger partial charge in [0.25, 0.3) is 5.91 Å². The molecule has 0 spiro atoms. The van der Waals surface area contributed by atoms with Crippen molar-refractivity contribution in [3.8, 4) is 0 Å². The van der Waals surface area contributed by atoms with Gasteiger partial charge in [-0.25, -0.2) is 0 Å². The molecule has 32 heavy (non-hydrogen) atoms. The van der Waals surface area contributed by atoms with Crippen LogP contribution in [0.1, 0.15) is 21.7 Å². The van der Waals surface area contributed by atoms with Gasteiger partial charge in [0.15, 0.2) is 0 Å². The van der Waals surface area contributed by atoms with E-state index in [0.29, 0.717) is 11.4 Å². The number of benzene rings is 2. The zero-order chi connectivity index (χ0) is 22.6. The maximum atomic E-state index is 12.4. The Morgan fingerprint density at radius 1 is 1.03 bits per heavy atom. The summed E-state index contributed by atoms with van der Waals surface area (Å²) < 4.78 is 37.3. The topological polar surface area (TPSA) is 82.7 Å². The van der Waals surface area contributed by atoms with Crippen molar-refractivity contribution in [2.45, 2.75) is 6.18 Å². The van der Waals surface area contributed by atoms with Gasteiger partial charge in [0.05, 0.1) is 28.2 Å². The third-order valence-corrected chi connectivity index (χ3v) is 4.59. The Hall–Kier alpha value is -4.14. The number of para-hydroxylation sites is 1. The van der Waals surface area contributed by atoms with Gasteiger partial charge in [0.1, 0.15) is 6.54 Å². The summed E-state index contributed by atoms with van der Waals surface area (Å²) in [6, 6.07) is 17.5. The lowest BCUT2D eigenvalue weighted by Gasteiger charge is -2.13. The molecule has 3 N–H and O–H groups in total. The molecule has 0 radical (unpaired) electrons. The number of aromatic nitrogens is 3. The first-order chi connectivity index (χ1) is 15.4. The summed E-state index contributed by atoms with van der Waals surface area (Å²) in [5.74, 6) is -0.810. The highest BCUT2D eigenvalue weighted by Gasteiger charge is 2.28. The van der Waals surface area contributed by atoms with Crippen LogP contribution < -0.4 is 10.6 Å². The van der Waals surface area contributed by atoms with Crippen LogP contribution in [0.3, 0.4) is 0 Å². The number of halogens is 3. The van der Waals surface area contributed by atoms with Crippen LogP contribution in [-0.2, 0) is 0 Å². The lowest BCUT2D eigenvalue weighted by Crippen LogP contribution is -2.34. The summed E-state index contributed by atoms with van der Waals surface area (Å²) >= 11 is 0. The Morgan fingerprint density at radius 3 is 2.62 bits per heavy atom. The van der Waals surface area contributed by atoms with E-state index in [2.05, 4.69) is 20.5 Å². The number of fused-ring (bicyclic) bond motifs is 1. The van der Waals surface area contributed by atoms with Crippen molar-refractivity contribution >= 4 is 40.3 Å². The van der Waals surface area contributed by atoms with E-state index >= 15 is 0 Å². The molecule has 0 saturated carbocycles. The molecule has 6 nitrogen and oxygen atoms in total. The van der Waals surface area contributed by atoms with Crippen LogP contribution in [-0.4, -0.2) is 33.8 Å².